The van der Waals surface area contributed by atoms with Crippen molar-refractivity contribution >= 4 is 39.9 Å². The molecule has 1 unspecified atom stereocenters. The van der Waals surface area contributed by atoms with Crippen molar-refractivity contribution in [2.45, 2.75) is 6.04 Å². The molecule has 8 heteroatoms. The number of ether oxygens (including phenoxy) is 2. The van der Waals surface area contributed by atoms with Crippen LogP contribution in [0.2, 0.25) is 0 Å². The molecule has 0 saturated carbocycles. The van der Waals surface area contributed by atoms with E-state index in [0.717, 1.165) is 10.3 Å². The van der Waals surface area contributed by atoms with Gasteiger partial charge in [0.2, 0.25) is 0 Å². The van der Waals surface area contributed by atoms with E-state index in [4.69, 9.17) is 9.47 Å². The number of benzene rings is 2. The van der Waals surface area contributed by atoms with Crippen molar-refractivity contribution < 1.29 is 24.2 Å². The molecule has 0 spiro atoms. The number of aromatic hydroxyl groups is 1. The number of phenolic OH excluding ortho intramolecular Hbond substituents is 1. The minimum Gasteiger partial charge on any atom is -0.505 e. The van der Waals surface area contributed by atoms with Crippen molar-refractivity contribution in [2.75, 3.05) is 19.5 Å². The van der Waals surface area contributed by atoms with Gasteiger partial charge in [0, 0.05) is 22.0 Å². The summed E-state index contributed by atoms with van der Waals surface area (Å²) in [5.41, 5.74) is 1.96. The summed E-state index contributed by atoms with van der Waals surface area (Å²) in [5, 5.41) is 17.1. The largest absolute Gasteiger partial charge is 0.505 e. The minimum absolute atomic E-state index is 0.0396. The van der Waals surface area contributed by atoms with Crippen molar-refractivity contribution in [3.63, 3.8) is 0 Å². The van der Waals surface area contributed by atoms with Crippen LogP contribution in [0.4, 0.5) is 5.69 Å². The number of nitrogens with one attached hydrogen (secondary N) is 1. The number of thiophene rings is 1. The number of hydrogen-bond acceptors (Lipinski definition) is 8. The third-order valence-electron chi connectivity index (χ3n) is 5.06. The molecular weight excluding hydrogens is 428 g/mol. The quantitative estimate of drug-likeness (QED) is 0.410. The predicted octanol–water partition coefficient (Wildman–Crippen LogP) is 4.78. The number of carbonyl (C=O) groups is 2. The second-order valence-electron chi connectivity index (χ2n) is 6.91. The molecule has 0 radical (unpaired) electrons. The summed E-state index contributed by atoms with van der Waals surface area (Å²) in [7, 11) is 2.58. The van der Waals surface area contributed by atoms with Crippen LogP contribution in [0.1, 0.15) is 37.2 Å². The van der Waals surface area contributed by atoms with Gasteiger partial charge in [0.25, 0.3) is 0 Å². The Labute approximate surface area is 188 Å². The molecule has 2 aromatic heterocycles. The van der Waals surface area contributed by atoms with E-state index in [1.807, 2.05) is 35.7 Å². The average Bonchev–Trinajstić information content (AvgIpc) is 3.37. The van der Waals surface area contributed by atoms with Crippen LogP contribution < -0.4 is 5.32 Å². The van der Waals surface area contributed by atoms with Crippen LogP contribution in [-0.4, -0.2) is 36.2 Å². The van der Waals surface area contributed by atoms with Crippen molar-refractivity contribution in [2.24, 2.45) is 0 Å². The van der Waals surface area contributed by atoms with E-state index in [9.17, 15) is 14.7 Å². The number of carbonyl (C=O) groups excluding carboxylic acids is 2. The van der Waals surface area contributed by atoms with E-state index < -0.39 is 18.0 Å². The van der Waals surface area contributed by atoms with Crippen LogP contribution in [0.3, 0.4) is 0 Å². The summed E-state index contributed by atoms with van der Waals surface area (Å²) in [6.45, 7) is 0. The lowest BCUT2D eigenvalue weighted by Crippen LogP contribution is -2.16. The first kappa shape index (κ1) is 21.3. The molecule has 4 rings (SSSR count). The number of pyridine rings is 1. The summed E-state index contributed by atoms with van der Waals surface area (Å²) >= 11 is 1.49. The van der Waals surface area contributed by atoms with Gasteiger partial charge in [-0.2, -0.15) is 0 Å². The first-order chi connectivity index (χ1) is 15.5. The van der Waals surface area contributed by atoms with Crippen LogP contribution in [0.15, 0.2) is 66.2 Å². The van der Waals surface area contributed by atoms with Crippen LogP contribution in [-0.2, 0) is 9.47 Å². The molecule has 0 fully saturated rings. The van der Waals surface area contributed by atoms with Gasteiger partial charge in [-0.3, -0.25) is 4.98 Å². The van der Waals surface area contributed by atoms with Crippen molar-refractivity contribution in [3.05, 3.63) is 87.7 Å². The number of hydrogen-bond donors (Lipinski definition) is 2. The molecular formula is C24H20N2O5S. The zero-order chi connectivity index (χ0) is 22.7. The molecule has 2 aromatic carbocycles. The zero-order valence-corrected chi connectivity index (χ0v) is 18.2. The van der Waals surface area contributed by atoms with Crippen molar-refractivity contribution in [1.82, 2.24) is 4.98 Å². The maximum Gasteiger partial charge on any atom is 0.339 e. The number of esters is 2. The number of phenols is 1. The van der Waals surface area contributed by atoms with Crippen LogP contribution in [0.25, 0.3) is 10.9 Å². The van der Waals surface area contributed by atoms with Crippen molar-refractivity contribution in [1.29, 1.82) is 0 Å². The second kappa shape index (κ2) is 9.07. The molecule has 1 atom stereocenters. The van der Waals surface area contributed by atoms with E-state index in [2.05, 4.69) is 10.3 Å². The number of aromatic nitrogens is 1. The standard InChI is InChI=1S/C24H20N2O5S/c1-30-23(28)15-8-9-16(24(29)31-2)18(13-15)26-21(19-6-4-12-32-19)17-10-7-14-5-3-11-25-20(14)22(17)27/h3-13,21,26-27H,1-2H3. The fourth-order valence-electron chi connectivity index (χ4n) is 3.49. The molecule has 0 aliphatic rings. The lowest BCUT2D eigenvalue weighted by atomic mass is 10.00. The Balaban J connectivity index is 1.86. The molecule has 0 aliphatic carbocycles. The summed E-state index contributed by atoms with van der Waals surface area (Å²) in [6.07, 6.45) is 1.62. The van der Waals surface area contributed by atoms with E-state index in [-0.39, 0.29) is 16.9 Å². The highest BCUT2D eigenvalue weighted by Gasteiger charge is 2.24. The summed E-state index contributed by atoms with van der Waals surface area (Å²) in [4.78, 5) is 29.7. The molecule has 162 valence electrons. The predicted molar refractivity (Wildman–Crippen MR) is 122 cm³/mol. The highest BCUT2D eigenvalue weighted by Crippen LogP contribution is 2.38. The maximum atomic E-state index is 12.4. The lowest BCUT2D eigenvalue weighted by Gasteiger charge is -2.22. The first-order valence-electron chi connectivity index (χ1n) is 9.70. The van der Waals surface area contributed by atoms with E-state index in [1.165, 1.54) is 43.8 Å². The molecule has 0 bridgehead atoms. The summed E-state index contributed by atoms with van der Waals surface area (Å²) in [5.74, 6) is -1.05. The zero-order valence-electron chi connectivity index (χ0n) is 17.4. The Morgan fingerprint density at radius 2 is 1.84 bits per heavy atom. The van der Waals surface area contributed by atoms with Crippen LogP contribution in [0.5, 0.6) is 5.75 Å². The van der Waals surface area contributed by atoms with Gasteiger partial charge < -0.3 is 19.9 Å². The number of rotatable bonds is 6. The molecule has 7 nitrogen and oxygen atoms in total. The second-order valence-corrected chi connectivity index (χ2v) is 7.89. The normalized spacial score (nSPS) is 11.7. The van der Waals surface area contributed by atoms with Gasteiger partial charge >= 0.3 is 11.9 Å². The molecule has 0 aliphatic heterocycles. The van der Waals surface area contributed by atoms with Gasteiger partial charge in [-0.25, -0.2) is 9.59 Å². The Morgan fingerprint density at radius 1 is 1.03 bits per heavy atom. The minimum atomic E-state index is -0.557. The lowest BCUT2D eigenvalue weighted by molar-refractivity contribution is 0.0587. The molecule has 2 N–H and O–H groups in total. The third-order valence-corrected chi connectivity index (χ3v) is 6.00. The van der Waals surface area contributed by atoms with Crippen molar-refractivity contribution in [3.8, 4) is 5.75 Å². The Morgan fingerprint density at radius 3 is 2.56 bits per heavy atom. The van der Waals surface area contributed by atoms with Gasteiger partial charge in [0.15, 0.2) is 0 Å². The number of nitrogens with zero attached hydrogens (tertiary/aromatic N) is 1. The van der Waals surface area contributed by atoms with Gasteiger partial charge in [-0.05, 0) is 35.7 Å². The van der Waals surface area contributed by atoms with Gasteiger partial charge in [0.05, 0.1) is 37.1 Å². The highest BCUT2D eigenvalue weighted by molar-refractivity contribution is 7.10. The first-order valence-corrected chi connectivity index (χ1v) is 10.6. The highest BCUT2D eigenvalue weighted by atomic mass is 32.1. The average molecular weight is 449 g/mol. The van der Waals surface area contributed by atoms with E-state index >= 15 is 0 Å². The van der Waals surface area contributed by atoms with Gasteiger partial charge in [-0.15, -0.1) is 11.3 Å². The topological polar surface area (TPSA) is 97.8 Å². The maximum absolute atomic E-state index is 12.4. The molecule has 0 saturated heterocycles. The fourth-order valence-corrected chi connectivity index (χ4v) is 4.28. The monoisotopic (exact) mass is 448 g/mol. The Hall–Kier alpha value is -3.91. The fraction of sp³-hybridized carbons (Fsp3) is 0.125. The number of anilines is 1. The molecule has 2 heterocycles. The van der Waals surface area contributed by atoms with Crippen LogP contribution in [0, 0.1) is 0 Å². The number of fused-ring (bicyclic) bond motifs is 1. The van der Waals surface area contributed by atoms with E-state index in [0.29, 0.717) is 16.8 Å². The molecule has 0 amide bonds. The molecule has 32 heavy (non-hydrogen) atoms. The van der Waals surface area contributed by atoms with E-state index in [1.54, 1.807) is 12.3 Å². The smallest absolute Gasteiger partial charge is 0.339 e. The number of methoxy groups -OCH3 is 2. The summed E-state index contributed by atoms with van der Waals surface area (Å²) < 4.78 is 9.73. The van der Waals surface area contributed by atoms with Gasteiger partial charge in [0.1, 0.15) is 11.3 Å². The Bertz CT molecular complexity index is 1290. The van der Waals surface area contributed by atoms with Crippen LogP contribution >= 0.6 is 11.3 Å². The SMILES string of the molecule is COC(=O)c1ccc(C(=O)OC)c(NC(c2cccs2)c2ccc3cccnc3c2O)c1. The summed E-state index contributed by atoms with van der Waals surface area (Å²) in [6, 6.07) is 15.2. The van der Waals surface area contributed by atoms with Gasteiger partial charge in [-0.1, -0.05) is 24.3 Å². The Kier molecular flexibility index (Phi) is 6.04. The molecule has 4 aromatic rings. The third kappa shape index (κ3) is 4.00.